The molecule has 2 heterocycles. The quantitative estimate of drug-likeness (QED) is 0.525. The lowest BCUT2D eigenvalue weighted by molar-refractivity contribution is 0.388. The molecule has 0 aromatic rings. The minimum atomic E-state index is 0.236. The zero-order chi connectivity index (χ0) is 7.84. The third kappa shape index (κ3) is 0.888. The summed E-state index contributed by atoms with van der Waals surface area (Å²) in [4.78, 5) is 2.01. The van der Waals surface area contributed by atoms with Gasteiger partial charge in [-0.15, -0.1) is 0 Å². The Bertz CT molecular complexity index is 263. The molecule has 3 nitrogen and oxygen atoms in total. The molecule has 0 saturated heterocycles. The summed E-state index contributed by atoms with van der Waals surface area (Å²) in [6, 6.07) is 0. The average molecular weight is 149 g/mol. The molecule has 0 amide bonds. The smallest absolute Gasteiger partial charge is 0.124 e. The highest BCUT2D eigenvalue weighted by molar-refractivity contribution is 5.26. The van der Waals surface area contributed by atoms with Crippen molar-refractivity contribution < 1.29 is 0 Å². The number of rotatable bonds is 0. The van der Waals surface area contributed by atoms with Gasteiger partial charge in [-0.1, -0.05) is 6.08 Å². The molecule has 0 aromatic carbocycles. The lowest BCUT2D eigenvalue weighted by atomic mass is 10.3. The number of nitrogens with one attached hydrogen (secondary N) is 1. The van der Waals surface area contributed by atoms with Crippen molar-refractivity contribution in [3.05, 3.63) is 35.9 Å². The van der Waals surface area contributed by atoms with E-state index in [0.29, 0.717) is 0 Å². The Balaban J connectivity index is 2.30. The summed E-state index contributed by atoms with van der Waals surface area (Å²) in [6.45, 7) is 2.03. The van der Waals surface area contributed by atoms with Gasteiger partial charge in [0, 0.05) is 11.9 Å². The molecule has 0 bridgehead atoms. The molecule has 0 spiro atoms. The predicted molar refractivity (Wildman–Crippen MR) is 43.9 cm³/mol. The Kier molecular flexibility index (Phi) is 1.18. The van der Waals surface area contributed by atoms with Gasteiger partial charge in [-0.2, -0.15) is 0 Å². The Morgan fingerprint density at radius 1 is 1.64 bits per heavy atom. The van der Waals surface area contributed by atoms with Crippen LogP contribution in [0.1, 0.15) is 6.92 Å². The second-order valence-electron chi connectivity index (χ2n) is 2.78. The Morgan fingerprint density at radius 2 is 2.45 bits per heavy atom. The van der Waals surface area contributed by atoms with E-state index in [-0.39, 0.29) is 6.17 Å². The molecule has 58 valence electrons. The fourth-order valence-corrected chi connectivity index (χ4v) is 1.35. The van der Waals surface area contributed by atoms with E-state index >= 15 is 0 Å². The van der Waals surface area contributed by atoms with Crippen molar-refractivity contribution >= 4 is 0 Å². The molecule has 1 unspecified atom stereocenters. The van der Waals surface area contributed by atoms with E-state index in [2.05, 4.69) is 11.4 Å². The monoisotopic (exact) mass is 149 g/mol. The van der Waals surface area contributed by atoms with Gasteiger partial charge < -0.3 is 16.0 Å². The molecule has 3 N–H and O–H groups in total. The molecule has 0 fully saturated rings. The van der Waals surface area contributed by atoms with Gasteiger partial charge >= 0.3 is 0 Å². The largest absolute Gasteiger partial charge is 0.385 e. The normalized spacial score (nSPS) is 27.4. The van der Waals surface area contributed by atoms with E-state index in [1.165, 1.54) is 0 Å². The Labute approximate surface area is 65.9 Å². The van der Waals surface area contributed by atoms with Crippen molar-refractivity contribution in [2.75, 3.05) is 0 Å². The molecule has 2 aliphatic heterocycles. The van der Waals surface area contributed by atoms with Gasteiger partial charge in [-0.25, -0.2) is 0 Å². The Hall–Kier alpha value is -1.38. The maximum Gasteiger partial charge on any atom is 0.124 e. The number of nitrogens with two attached hydrogens (primary N) is 1. The van der Waals surface area contributed by atoms with Gasteiger partial charge in [0.15, 0.2) is 0 Å². The van der Waals surface area contributed by atoms with E-state index in [0.717, 1.165) is 11.5 Å². The first-order valence-corrected chi connectivity index (χ1v) is 3.64. The second kappa shape index (κ2) is 2.05. The summed E-state index contributed by atoms with van der Waals surface area (Å²) >= 11 is 0. The molecule has 2 aliphatic rings. The zero-order valence-electron chi connectivity index (χ0n) is 6.41. The van der Waals surface area contributed by atoms with Crippen LogP contribution in [0, 0.1) is 0 Å². The topological polar surface area (TPSA) is 41.3 Å². The van der Waals surface area contributed by atoms with Crippen LogP contribution in [-0.4, -0.2) is 11.1 Å². The van der Waals surface area contributed by atoms with Crippen LogP contribution in [-0.2, 0) is 0 Å². The van der Waals surface area contributed by atoms with E-state index in [1.54, 1.807) is 0 Å². The van der Waals surface area contributed by atoms with E-state index in [4.69, 9.17) is 5.73 Å². The van der Waals surface area contributed by atoms with Crippen LogP contribution in [0.25, 0.3) is 0 Å². The first kappa shape index (κ1) is 6.34. The van der Waals surface area contributed by atoms with E-state index in [1.807, 2.05) is 30.2 Å². The maximum atomic E-state index is 5.73. The fraction of sp³-hybridized carbons (Fsp3) is 0.250. The number of allylic oxidation sites excluding steroid dienone is 3. The molecule has 0 aromatic heterocycles. The molecule has 3 heteroatoms. The summed E-state index contributed by atoms with van der Waals surface area (Å²) in [5.41, 5.74) is 6.88. The van der Waals surface area contributed by atoms with Crippen LogP contribution in [0.2, 0.25) is 0 Å². The molecule has 0 radical (unpaired) electrons. The van der Waals surface area contributed by atoms with Crippen LogP contribution in [0.15, 0.2) is 35.9 Å². The summed E-state index contributed by atoms with van der Waals surface area (Å²) in [5, 5.41) is 3.27. The first-order valence-electron chi connectivity index (χ1n) is 3.64. The molecular formula is C8H11N3. The third-order valence-corrected chi connectivity index (χ3v) is 1.87. The van der Waals surface area contributed by atoms with Crippen molar-refractivity contribution in [3.63, 3.8) is 0 Å². The molecule has 0 saturated carbocycles. The summed E-state index contributed by atoms with van der Waals surface area (Å²) in [7, 11) is 0. The molecule has 0 aliphatic carbocycles. The minimum Gasteiger partial charge on any atom is -0.385 e. The van der Waals surface area contributed by atoms with Crippen molar-refractivity contribution in [1.82, 2.24) is 10.2 Å². The van der Waals surface area contributed by atoms with Gasteiger partial charge in [-0.05, 0) is 19.1 Å². The van der Waals surface area contributed by atoms with Gasteiger partial charge in [0.25, 0.3) is 0 Å². The lowest BCUT2D eigenvalue weighted by Gasteiger charge is -2.25. The third-order valence-electron chi connectivity index (χ3n) is 1.87. The summed E-state index contributed by atoms with van der Waals surface area (Å²) in [5.74, 6) is 0.793. The SMILES string of the molecule is CC1=CN2C(N)=CC=CC2N1. The molecule has 1 atom stereocenters. The van der Waals surface area contributed by atoms with Gasteiger partial charge in [0.1, 0.15) is 12.0 Å². The molecular weight excluding hydrogens is 138 g/mol. The standard InChI is InChI=1S/C8H11N3/c1-6-5-11-7(9)3-2-4-8(11)10-6/h2-5,8,10H,9H2,1H3. The average Bonchev–Trinajstić information content (AvgIpc) is 2.31. The summed E-state index contributed by atoms with van der Waals surface area (Å²) in [6.07, 6.45) is 8.19. The maximum absolute atomic E-state index is 5.73. The fourth-order valence-electron chi connectivity index (χ4n) is 1.35. The van der Waals surface area contributed by atoms with Gasteiger partial charge in [0.05, 0.1) is 0 Å². The zero-order valence-corrected chi connectivity index (χ0v) is 6.41. The van der Waals surface area contributed by atoms with Crippen molar-refractivity contribution in [2.45, 2.75) is 13.1 Å². The lowest BCUT2D eigenvalue weighted by Crippen LogP contribution is -2.37. The highest BCUT2D eigenvalue weighted by Gasteiger charge is 2.22. The highest BCUT2D eigenvalue weighted by Crippen LogP contribution is 2.18. The van der Waals surface area contributed by atoms with Crippen LogP contribution in [0.3, 0.4) is 0 Å². The van der Waals surface area contributed by atoms with Crippen molar-refractivity contribution in [1.29, 1.82) is 0 Å². The molecule has 11 heavy (non-hydrogen) atoms. The molecule has 2 rings (SSSR count). The minimum absolute atomic E-state index is 0.236. The number of nitrogens with zero attached hydrogens (tertiary/aromatic N) is 1. The van der Waals surface area contributed by atoms with Crippen LogP contribution in [0.5, 0.6) is 0 Å². The number of fused-ring (bicyclic) bond motifs is 1. The highest BCUT2D eigenvalue weighted by atomic mass is 15.3. The van der Waals surface area contributed by atoms with Crippen LogP contribution in [0.4, 0.5) is 0 Å². The van der Waals surface area contributed by atoms with Crippen LogP contribution >= 0.6 is 0 Å². The van der Waals surface area contributed by atoms with E-state index in [9.17, 15) is 0 Å². The van der Waals surface area contributed by atoms with Crippen molar-refractivity contribution in [2.24, 2.45) is 5.73 Å². The second-order valence-corrected chi connectivity index (χ2v) is 2.78. The van der Waals surface area contributed by atoms with Crippen LogP contribution < -0.4 is 11.1 Å². The Morgan fingerprint density at radius 3 is 3.18 bits per heavy atom. The predicted octanol–water partition coefficient (Wildman–Crippen LogP) is 0.449. The van der Waals surface area contributed by atoms with Gasteiger partial charge in [-0.3, -0.25) is 0 Å². The first-order chi connectivity index (χ1) is 5.27. The van der Waals surface area contributed by atoms with Crippen molar-refractivity contribution in [3.8, 4) is 0 Å². The number of hydrogen-bond donors (Lipinski definition) is 2. The number of hydrogen-bond acceptors (Lipinski definition) is 3. The van der Waals surface area contributed by atoms with E-state index < -0.39 is 0 Å². The van der Waals surface area contributed by atoms with Gasteiger partial charge in [0.2, 0.25) is 0 Å². The summed E-state index contributed by atoms with van der Waals surface area (Å²) < 4.78 is 0.